The minimum atomic E-state index is -1.24. The van der Waals surface area contributed by atoms with E-state index in [4.69, 9.17) is 11.6 Å². The second kappa shape index (κ2) is 4.42. The van der Waals surface area contributed by atoms with Crippen molar-refractivity contribution in [3.63, 3.8) is 0 Å². The number of hydrogen-bond donors (Lipinski definition) is 1. The van der Waals surface area contributed by atoms with Crippen molar-refractivity contribution in [1.82, 2.24) is 0 Å². The van der Waals surface area contributed by atoms with Crippen LogP contribution < -0.4 is 0 Å². The van der Waals surface area contributed by atoms with Gasteiger partial charge in [-0.25, -0.2) is 4.39 Å². The highest BCUT2D eigenvalue weighted by atomic mass is 35.5. The van der Waals surface area contributed by atoms with Gasteiger partial charge in [0.1, 0.15) is 5.82 Å². The van der Waals surface area contributed by atoms with Crippen LogP contribution in [0.15, 0.2) is 18.2 Å². The maximum atomic E-state index is 13.7. The van der Waals surface area contributed by atoms with Crippen LogP contribution in [-0.4, -0.2) is 11.1 Å². The average molecular weight is 245 g/mol. The van der Waals surface area contributed by atoms with Gasteiger partial charge in [0.2, 0.25) is 0 Å². The van der Waals surface area contributed by atoms with Gasteiger partial charge in [-0.2, -0.15) is 0 Å². The molecule has 0 aliphatic rings. The first-order valence-electron chi connectivity index (χ1n) is 4.99. The fourth-order valence-corrected chi connectivity index (χ4v) is 1.74. The number of carboxylic acid groups (broad SMARTS) is 1. The van der Waals surface area contributed by atoms with Crippen LogP contribution in [0.1, 0.15) is 26.3 Å². The Hall–Kier alpha value is -1.09. The van der Waals surface area contributed by atoms with Crippen LogP contribution >= 0.6 is 11.6 Å². The van der Waals surface area contributed by atoms with Gasteiger partial charge in [0.05, 0.1) is 5.41 Å². The molecule has 2 nitrogen and oxygen atoms in total. The zero-order valence-corrected chi connectivity index (χ0v) is 10.2. The van der Waals surface area contributed by atoms with Crippen LogP contribution in [0.5, 0.6) is 0 Å². The Bertz CT molecular complexity index is 417. The molecule has 1 rings (SSSR count). The van der Waals surface area contributed by atoms with E-state index >= 15 is 0 Å². The molecule has 16 heavy (non-hydrogen) atoms. The second-order valence-corrected chi connectivity index (χ2v) is 4.72. The standard InChI is InChI=1S/C12H14ClFO2/c1-7(2)12(3,11(15)16)9-5-4-8(13)6-10(9)14/h4-7H,1-3H3,(H,15,16). The summed E-state index contributed by atoms with van der Waals surface area (Å²) in [6.07, 6.45) is 0. The zero-order valence-electron chi connectivity index (χ0n) is 9.42. The summed E-state index contributed by atoms with van der Waals surface area (Å²) in [7, 11) is 0. The number of benzene rings is 1. The monoisotopic (exact) mass is 244 g/mol. The van der Waals surface area contributed by atoms with Gasteiger partial charge in [-0.1, -0.05) is 31.5 Å². The lowest BCUT2D eigenvalue weighted by Crippen LogP contribution is -2.38. The van der Waals surface area contributed by atoms with Crippen molar-refractivity contribution in [2.24, 2.45) is 5.92 Å². The molecule has 0 bridgehead atoms. The average Bonchev–Trinajstić information content (AvgIpc) is 2.15. The molecule has 0 aliphatic carbocycles. The lowest BCUT2D eigenvalue weighted by atomic mass is 9.73. The molecule has 0 fully saturated rings. The molecule has 0 saturated carbocycles. The zero-order chi connectivity index (χ0) is 12.5. The summed E-state index contributed by atoms with van der Waals surface area (Å²) in [5, 5.41) is 9.51. The lowest BCUT2D eigenvalue weighted by molar-refractivity contribution is -0.145. The first-order chi connectivity index (χ1) is 7.30. The molecule has 0 aromatic heterocycles. The fourth-order valence-electron chi connectivity index (χ4n) is 1.58. The Morgan fingerprint density at radius 2 is 2.06 bits per heavy atom. The molecule has 4 heteroatoms. The van der Waals surface area contributed by atoms with Crippen LogP contribution in [0, 0.1) is 11.7 Å². The third-order valence-electron chi connectivity index (χ3n) is 3.09. The molecule has 1 aromatic carbocycles. The molecule has 1 N–H and O–H groups in total. The summed E-state index contributed by atoms with van der Waals surface area (Å²) in [5.41, 5.74) is -1.08. The van der Waals surface area contributed by atoms with Crippen molar-refractivity contribution in [2.45, 2.75) is 26.2 Å². The smallest absolute Gasteiger partial charge is 0.314 e. The largest absolute Gasteiger partial charge is 0.481 e. The van der Waals surface area contributed by atoms with Crippen LogP contribution in [0.2, 0.25) is 5.02 Å². The summed E-state index contributed by atoms with van der Waals surface area (Å²) in [4.78, 5) is 11.3. The first-order valence-corrected chi connectivity index (χ1v) is 5.37. The summed E-state index contributed by atoms with van der Waals surface area (Å²) >= 11 is 5.64. The van der Waals surface area contributed by atoms with Gasteiger partial charge in [-0.05, 0) is 25.0 Å². The van der Waals surface area contributed by atoms with E-state index in [0.29, 0.717) is 0 Å². The topological polar surface area (TPSA) is 37.3 Å². The van der Waals surface area contributed by atoms with Crippen LogP contribution in [0.4, 0.5) is 4.39 Å². The predicted molar refractivity (Wildman–Crippen MR) is 61.2 cm³/mol. The highest BCUT2D eigenvalue weighted by Crippen LogP contribution is 2.34. The van der Waals surface area contributed by atoms with Crippen molar-refractivity contribution in [3.05, 3.63) is 34.6 Å². The number of halogens is 2. The Morgan fingerprint density at radius 3 is 2.44 bits per heavy atom. The molecule has 0 heterocycles. The molecule has 1 atom stereocenters. The SMILES string of the molecule is CC(C)C(C)(C(=O)O)c1ccc(Cl)cc1F. The number of carbonyl (C=O) groups is 1. The molecule has 0 aliphatic heterocycles. The van der Waals surface area contributed by atoms with Crippen LogP contribution in [0.3, 0.4) is 0 Å². The molecule has 0 amide bonds. The van der Waals surface area contributed by atoms with Crippen molar-refractivity contribution in [1.29, 1.82) is 0 Å². The Kier molecular flexibility index (Phi) is 3.58. The Morgan fingerprint density at radius 1 is 1.50 bits per heavy atom. The van der Waals surface area contributed by atoms with Crippen molar-refractivity contribution in [3.8, 4) is 0 Å². The first kappa shape index (κ1) is 13.0. The van der Waals surface area contributed by atoms with Crippen molar-refractivity contribution < 1.29 is 14.3 Å². The molecular formula is C12H14ClFO2. The number of rotatable bonds is 3. The van der Waals surface area contributed by atoms with E-state index < -0.39 is 17.2 Å². The summed E-state index contributed by atoms with van der Waals surface area (Å²) in [6.45, 7) is 5.02. The van der Waals surface area contributed by atoms with Gasteiger partial charge in [0.25, 0.3) is 0 Å². The molecule has 1 unspecified atom stereocenters. The maximum Gasteiger partial charge on any atom is 0.314 e. The fraction of sp³-hybridized carbons (Fsp3) is 0.417. The van der Waals surface area contributed by atoms with Gasteiger partial charge < -0.3 is 5.11 Å². The van der Waals surface area contributed by atoms with Gasteiger partial charge in [-0.3, -0.25) is 4.79 Å². The minimum Gasteiger partial charge on any atom is -0.481 e. The Balaban J connectivity index is 3.38. The molecule has 88 valence electrons. The molecule has 1 aromatic rings. The minimum absolute atomic E-state index is 0.166. The quantitative estimate of drug-likeness (QED) is 0.884. The van der Waals surface area contributed by atoms with Crippen molar-refractivity contribution in [2.75, 3.05) is 0 Å². The predicted octanol–water partition coefficient (Wildman–Crippen LogP) is 3.48. The molecule has 0 saturated heterocycles. The summed E-state index contributed by atoms with van der Waals surface area (Å²) in [5.74, 6) is -1.84. The van der Waals surface area contributed by atoms with E-state index in [1.54, 1.807) is 13.8 Å². The van der Waals surface area contributed by atoms with Gasteiger partial charge >= 0.3 is 5.97 Å². The van der Waals surface area contributed by atoms with E-state index in [9.17, 15) is 14.3 Å². The van der Waals surface area contributed by atoms with Gasteiger partial charge in [0.15, 0.2) is 0 Å². The molecule has 0 radical (unpaired) electrons. The highest BCUT2D eigenvalue weighted by molar-refractivity contribution is 6.30. The normalized spacial score (nSPS) is 14.9. The van der Waals surface area contributed by atoms with E-state index in [-0.39, 0.29) is 16.5 Å². The van der Waals surface area contributed by atoms with E-state index in [0.717, 1.165) is 6.07 Å². The van der Waals surface area contributed by atoms with Gasteiger partial charge in [0, 0.05) is 10.6 Å². The van der Waals surface area contributed by atoms with Crippen molar-refractivity contribution >= 4 is 17.6 Å². The van der Waals surface area contributed by atoms with E-state index in [1.165, 1.54) is 19.1 Å². The third-order valence-corrected chi connectivity index (χ3v) is 3.32. The number of hydrogen-bond acceptors (Lipinski definition) is 1. The number of carboxylic acids is 1. The summed E-state index contributed by atoms with van der Waals surface area (Å²) in [6, 6.07) is 4.08. The van der Waals surface area contributed by atoms with E-state index in [1.807, 2.05) is 0 Å². The maximum absolute atomic E-state index is 13.7. The third kappa shape index (κ3) is 2.05. The molecule has 0 spiro atoms. The number of aliphatic carboxylic acids is 1. The van der Waals surface area contributed by atoms with Gasteiger partial charge in [-0.15, -0.1) is 0 Å². The van der Waals surface area contributed by atoms with Crippen LogP contribution in [0.25, 0.3) is 0 Å². The Labute approximate surface area is 99.0 Å². The van der Waals surface area contributed by atoms with Crippen LogP contribution in [-0.2, 0) is 10.2 Å². The summed E-state index contributed by atoms with van der Waals surface area (Å²) < 4.78 is 13.7. The second-order valence-electron chi connectivity index (χ2n) is 4.29. The molecular weight excluding hydrogens is 231 g/mol. The lowest BCUT2D eigenvalue weighted by Gasteiger charge is -2.29. The highest BCUT2D eigenvalue weighted by Gasteiger charge is 2.40. The van der Waals surface area contributed by atoms with E-state index in [2.05, 4.69) is 0 Å².